The molecule has 0 fully saturated rings. The molecule has 0 saturated carbocycles. The van der Waals surface area contributed by atoms with Gasteiger partial charge in [-0.1, -0.05) is 24.3 Å². The Kier molecular flexibility index (Phi) is 6.83. The van der Waals surface area contributed by atoms with E-state index in [9.17, 15) is 23.1 Å². The zero-order valence-electron chi connectivity index (χ0n) is 18.4. The van der Waals surface area contributed by atoms with E-state index in [0.717, 1.165) is 10.2 Å². The van der Waals surface area contributed by atoms with Crippen molar-refractivity contribution >= 4 is 43.5 Å². The second kappa shape index (κ2) is 9.82. The Hall–Kier alpha value is -3.80. The Labute approximate surface area is 204 Å². The number of fused-ring (bicyclic) bond motifs is 1. The smallest absolute Gasteiger partial charge is 0.336 e. The lowest BCUT2D eigenvalue weighted by Gasteiger charge is -2.16. The molecule has 0 radical (unpaired) electrons. The third-order valence-corrected chi connectivity index (χ3v) is 6.99. The number of methoxy groups -OCH3 is 1. The lowest BCUT2D eigenvalue weighted by molar-refractivity contribution is 0.0697. The normalized spacial score (nSPS) is 11.4. The van der Waals surface area contributed by atoms with Gasteiger partial charge in [0, 0.05) is 17.7 Å². The molecule has 0 aliphatic rings. The average Bonchev–Trinajstić information content (AvgIpc) is 3.26. The standard InChI is InChI=1S/C24H20N2O7S2/c1-33-21-17(23-26-18-4-2-3-5-19(18)34-23)11-10-16(24(28)29)20(21)14-6-8-15(9-7-14)22(27)25-12-13-35(30,31)32/h2-11H,12-13H2,1H3,(H,25,27)(H,28,29)(H,30,31,32). The Balaban J connectivity index is 1.73. The maximum atomic E-state index is 12.3. The number of aromatic nitrogens is 1. The van der Waals surface area contributed by atoms with Gasteiger partial charge in [0.15, 0.2) is 0 Å². The van der Waals surface area contributed by atoms with Crippen LogP contribution in [0.4, 0.5) is 0 Å². The highest BCUT2D eigenvalue weighted by atomic mass is 32.2. The number of carbonyl (C=O) groups excluding carboxylic acids is 1. The van der Waals surface area contributed by atoms with E-state index >= 15 is 0 Å². The molecule has 1 aromatic heterocycles. The predicted octanol–water partition coefficient (Wildman–Crippen LogP) is 3.95. The van der Waals surface area contributed by atoms with Gasteiger partial charge in [-0.3, -0.25) is 9.35 Å². The SMILES string of the molecule is COc1c(-c2nc3ccccc3s2)ccc(C(=O)O)c1-c1ccc(C(=O)NCCS(=O)(=O)O)cc1. The number of para-hydroxylation sites is 1. The van der Waals surface area contributed by atoms with Gasteiger partial charge in [-0.25, -0.2) is 9.78 Å². The summed E-state index contributed by atoms with van der Waals surface area (Å²) >= 11 is 1.46. The van der Waals surface area contributed by atoms with E-state index in [-0.39, 0.29) is 17.7 Å². The van der Waals surface area contributed by atoms with Crippen LogP contribution in [0.15, 0.2) is 60.7 Å². The van der Waals surface area contributed by atoms with Gasteiger partial charge in [-0.05, 0) is 42.0 Å². The van der Waals surface area contributed by atoms with Crippen LogP contribution in [-0.2, 0) is 10.1 Å². The number of hydrogen-bond acceptors (Lipinski definition) is 7. The van der Waals surface area contributed by atoms with Crippen molar-refractivity contribution in [2.75, 3.05) is 19.4 Å². The Bertz CT molecular complexity index is 1490. The van der Waals surface area contributed by atoms with E-state index in [1.165, 1.54) is 36.6 Å². The first-order chi connectivity index (χ1) is 16.7. The van der Waals surface area contributed by atoms with Crippen LogP contribution in [0.5, 0.6) is 5.75 Å². The molecule has 3 aromatic carbocycles. The van der Waals surface area contributed by atoms with Crippen molar-refractivity contribution in [2.24, 2.45) is 0 Å². The summed E-state index contributed by atoms with van der Waals surface area (Å²) < 4.78 is 37.1. The van der Waals surface area contributed by atoms with Gasteiger partial charge in [0.1, 0.15) is 10.8 Å². The van der Waals surface area contributed by atoms with Crippen LogP contribution in [0.25, 0.3) is 31.9 Å². The second-order valence-electron chi connectivity index (χ2n) is 7.48. The monoisotopic (exact) mass is 512 g/mol. The molecule has 0 atom stereocenters. The van der Waals surface area contributed by atoms with E-state index in [0.29, 0.717) is 27.4 Å². The highest BCUT2D eigenvalue weighted by Gasteiger charge is 2.23. The quantitative estimate of drug-likeness (QED) is 0.301. The molecule has 4 aromatic rings. The summed E-state index contributed by atoms with van der Waals surface area (Å²) in [6.07, 6.45) is 0. The molecule has 1 amide bonds. The highest BCUT2D eigenvalue weighted by molar-refractivity contribution is 7.85. The van der Waals surface area contributed by atoms with Gasteiger partial charge >= 0.3 is 5.97 Å². The number of benzene rings is 3. The van der Waals surface area contributed by atoms with E-state index in [1.54, 1.807) is 18.2 Å². The van der Waals surface area contributed by atoms with Crippen LogP contribution in [0, 0.1) is 0 Å². The Morgan fingerprint density at radius 3 is 2.40 bits per heavy atom. The van der Waals surface area contributed by atoms with Crippen molar-refractivity contribution in [2.45, 2.75) is 0 Å². The second-order valence-corrected chi connectivity index (χ2v) is 10.1. The fraction of sp³-hybridized carbons (Fsp3) is 0.125. The van der Waals surface area contributed by atoms with Gasteiger partial charge in [0.25, 0.3) is 16.0 Å². The zero-order valence-corrected chi connectivity index (χ0v) is 20.0. The summed E-state index contributed by atoms with van der Waals surface area (Å²) in [7, 11) is -2.73. The number of nitrogens with one attached hydrogen (secondary N) is 1. The van der Waals surface area contributed by atoms with E-state index in [4.69, 9.17) is 9.29 Å². The van der Waals surface area contributed by atoms with Gasteiger partial charge in [-0.15, -0.1) is 11.3 Å². The molecular formula is C24H20N2O7S2. The summed E-state index contributed by atoms with van der Waals surface area (Å²) in [6.45, 7) is -0.249. The molecule has 3 N–H and O–H groups in total. The van der Waals surface area contributed by atoms with E-state index in [2.05, 4.69) is 10.3 Å². The van der Waals surface area contributed by atoms with Crippen molar-refractivity contribution in [1.82, 2.24) is 10.3 Å². The molecular weight excluding hydrogens is 492 g/mol. The largest absolute Gasteiger partial charge is 0.495 e. The number of nitrogens with zero attached hydrogens (tertiary/aromatic N) is 1. The molecule has 0 spiro atoms. The summed E-state index contributed by atoms with van der Waals surface area (Å²) in [6, 6.07) is 17.0. The van der Waals surface area contributed by atoms with Gasteiger partial charge in [-0.2, -0.15) is 8.42 Å². The van der Waals surface area contributed by atoms with Crippen molar-refractivity contribution in [3.63, 3.8) is 0 Å². The third kappa shape index (κ3) is 5.32. The third-order valence-electron chi connectivity index (χ3n) is 5.20. The minimum atomic E-state index is -4.19. The predicted molar refractivity (Wildman–Crippen MR) is 133 cm³/mol. The molecule has 0 unspecified atom stereocenters. The maximum Gasteiger partial charge on any atom is 0.336 e. The lowest BCUT2D eigenvalue weighted by Crippen LogP contribution is -2.28. The van der Waals surface area contributed by atoms with Gasteiger partial charge in [0.2, 0.25) is 0 Å². The van der Waals surface area contributed by atoms with Gasteiger partial charge < -0.3 is 15.2 Å². The van der Waals surface area contributed by atoms with Crippen LogP contribution < -0.4 is 10.1 Å². The molecule has 0 bridgehead atoms. The number of aromatic carboxylic acids is 1. The van der Waals surface area contributed by atoms with E-state index < -0.39 is 27.7 Å². The number of carboxylic acid groups (broad SMARTS) is 1. The fourth-order valence-corrected chi connectivity index (χ4v) is 4.95. The van der Waals surface area contributed by atoms with Crippen molar-refractivity contribution < 1.29 is 32.4 Å². The van der Waals surface area contributed by atoms with Crippen molar-refractivity contribution in [3.8, 4) is 27.4 Å². The Morgan fingerprint density at radius 2 is 1.77 bits per heavy atom. The minimum absolute atomic E-state index is 0.0251. The maximum absolute atomic E-state index is 12.3. The van der Waals surface area contributed by atoms with Gasteiger partial charge in [0.05, 0.1) is 34.2 Å². The summed E-state index contributed by atoms with van der Waals surface area (Å²) in [5, 5.41) is 12.9. The number of hydrogen-bond donors (Lipinski definition) is 3. The van der Waals surface area contributed by atoms with Crippen LogP contribution in [0.3, 0.4) is 0 Å². The molecule has 0 aliphatic carbocycles. The molecule has 9 nitrogen and oxygen atoms in total. The van der Waals surface area contributed by atoms with E-state index in [1.807, 2.05) is 24.3 Å². The van der Waals surface area contributed by atoms with Crippen molar-refractivity contribution in [3.05, 3.63) is 71.8 Å². The first kappa shape index (κ1) is 24.3. The number of amides is 1. The highest BCUT2D eigenvalue weighted by Crippen LogP contribution is 2.43. The number of carboxylic acids is 1. The summed E-state index contributed by atoms with van der Waals surface area (Å²) in [5.41, 5.74) is 2.58. The number of thiazole rings is 1. The summed E-state index contributed by atoms with van der Waals surface area (Å²) in [5.74, 6) is -1.93. The molecule has 0 aliphatic heterocycles. The number of rotatable bonds is 8. The molecule has 35 heavy (non-hydrogen) atoms. The van der Waals surface area contributed by atoms with Crippen LogP contribution in [-0.4, -0.2) is 54.3 Å². The van der Waals surface area contributed by atoms with Crippen LogP contribution in [0.2, 0.25) is 0 Å². The van der Waals surface area contributed by atoms with Crippen molar-refractivity contribution in [1.29, 1.82) is 0 Å². The topological polar surface area (TPSA) is 143 Å². The molecule has 0 saturated heterocycles. The zero-order chi connectivity index (χ0) is 25.2. The Morgan fingerprint density at radius 1 is 1.06 bits per heavy atom. The lowest BCUT2D eigenvalue weighted by atomic mass is 9.95. The molecule has 11 heteroatoms. The molecule has 4 rings (SSSR count). The van der Waals surface area contributed by atoms with Crippen LogP contribution >= 0.6 is 11.3 Å². The average molecular weight is 513 g/mol. The van der Waals surface area contributed by atoms with Crippen LogP contribution in [0.1, 0.15) is 20.7 Å². The number of ether oxygens (including phenoxy) is 1. The minimum Gasteiger partial charge on any atom is -0.495 e. The molecule has 180 valence electrons. The first-order valence-electron chi connectivity index (χ1n) is 10.3. The summed E-state index contributed by atoms with van der Waals surface area (Å²) in [4.78, 5) is 29.0. The number of carbonyl (C=O) groups is 2. The first-order valence-corrected chi connectivity index (χ1v) is 12.7. The fourth-order valence-electron chi connectivity index (χ4n) is 3.60. The molecule has 1 heterocycles.